The molecule has 3 rings (SSSR count). The Kier molecular flexibility index (Phi) is 4.97. The largest absolute Gasteiger partial charge is 0.312 e. The normalized spacial score (nSPS) is 14.2. The van der Waals surface area contributed by atoms with E-state index in [1.165, 1.54) is 22.3 Å². The third-order valence-corrected chi connectivity index (χ3v) is 4.92. The van der Waals surface area contributed by atoms with E-state index in [1.807, 2.05) is 0 Å². The topological polar surface area (TPSA) is 15.3 Å². The quantitative estimate of drug-likeness (QED) is 0.887. The van der Waals surface area contributed by atoms with Crippen LogP contribution in [0.25, 0.3) is 0 Å². The van der Waals surface area contributed by atoms with E-state index in [9.17, 15) is 0 Å². The SMILES string of the molecule is Cc1cc(Br)ccc1CN(C)Cc1cccc2c1CCNC2. The van der Waals surface area contributed by atoms with Crippen molar-refractivity contribution in [2.24, 2.45) is 0 Å². The zero-order valence-electron chi connectivity index (χ0n) is 13.3. The minimum atomic E-state index is 0.987. The summed E-state index contributed by atoms with van der Waals surface area (Å²) >= 11 is 3.54. The lowest BCUT2D eigenvalue weighted by Gasteiger charge is -2.24. The van der Waals surface area contributed by atoms with Crippen molar-refractivity contribution in [1.82, 2.24) is 10.2 Å². The van der Waals surface area contributed by atoms with Gasteiger partial charge in [-0.05, 0) is 66.9 Å². The first-order valence-corrected chi connectivity index (χ1v) is 8.67. The van der Waals surface area contributed by atoms with Gasteiger partial charge in [0.2, 0.25) is 0 Å². The molecule has 2 aromatic carbocycles. The zero-order valence-corrected chi connectivity index (χ0v) is 14.9. The average molecular weight is 359 g/mol. The predicted molar refractivity (Wildman–Crippen MR) is 95.9 cm³/mol. The number of halogens is 1. The van der Waals surface area contributed by atoms with E-state index < -0.39 is 0 Å². The standard InChI is InChI=1S/C19H23BrN2/c1-14-10-18(20)7-6-16(14)12-22(2)13-17-5-3-4-15-11-21-9-8-19(15)17/h3-7,10,21H,8-9,11-13H2,1-2H3. The molecule has 0 radical (unpaired) electrons. The Bertz CT molecular complexity index is 666. The van der Waals surface area contributed by atoms with Crippen molar-refractivity contribution in [3.63, 3.8) is 0 Å². The van der Waals surface area contributed by atoms with Gasteiger partial charge in [-0.3, -0.25) is 4.90 Å². The van der Waals surface area contributed by atoms with Crippen LogP contribution in [-0.2, 0) is 26.1 Å². The highest BCUT2D eigenvalue weighted by atomic mass is 79.9. The molecule has 3 heteroatoms. The van der Waals surface area contributed by atoms with Gasteiger partial charge in [0.05, 0.1) is 0 Å². The molecule has 0 unspecified atom stereocenters. The average Bonchev–Trinajstić information content (AvgIpc) is 2.50. The Morgan fingerprint density at radius 1 is 1.14 bits per heavy atom. The number of benzene rings is 2. The molecule has 0 spiro atoms. The Morgan fingerprint density at radius 2 is 1.95 bits per heavy atom. The van der Waals surface area contributed by atoms with Crippen LogP contribution < -0.4 is 5.32 Å². The fourth-order valence-electron chi connectivity index (χ4n) is 3.23. The van der Waals surface area contributed by atoms with Crippen LogP contribution in [0.3, 0.4) is 0 Å². The highest BCUT2D eigenvalue weighted by Gasteiger charge is 2.13. The van der Waals surface area contributed by atoms with E-state index in [0.29, 0.717) is 0 Å². The summed E-state index contributed by atoms with van der Waals surface area (Å²) in [7, 11) is 2.21. The van der Waals surface area contributed by atoms with Crippen molar-refractivity contribution in [3.05, 3.63) is 68.7 Å². The molecule has 1 aliphatic rings. The van der Waals surface area contributed by atoms with Gasteiger partial charge < -0.3 is 5.32 Å². The lowest BCUT2D eigenvalue weighted by Crippen LogP contribution is -2.26. The Morgan fingerprint density at radius 3 is 2.77 bits per heavy atom. The number of hydrogen-bond acceptors (Lipinski definition) is 2. The van der Waals surface area contributed by atoms with Crippen LogP contribution >= 0.6 is 15.9 Å². The van der Waals surface area contributed by atoms with Gasteiger partial charge in [-0.2, -0.15) is 0 Å². The van der Waals surface area contributed by atoms with Crippen molar-refractivity contribution in [1.29, 1.82) is 0 Å². The second-order valence-electron chi connectivity index (χ2n) is 6.22. The van der Waals surface area contributed by atoms with Gasteiger partial charge in [-0.25, -0.2) is 0 Å². The maximum atomic E-state index is 3.54. The van der Waals surface area contributed by atoms with Crippen LogP contribution in [0, 0.1) is 6.92 Å². The summed E-state index contributed by atoms with van der Waals surface area (Å²) in [4.78, 5) is 2.41. The molecule has 0 fully saturated rings. The fourth-order valence-corrected chi connectivity index (χ4v) is 3.71. The lowest BCUT2D eigenvalue weighted by atomic mass is 9.95. The van der Waals surface area contributed by atoms with Gasteiger partial charge in [0.1, 0.15) is 0 Å². The van der Waals surface area contributed by atoms with Gasteiger partial charge in [0.25, 0.3) is 0 Å². The second kappa shape index (κ2) is 6.95. The number of aryl methyl sites for hydroxylation is 1. The first-order chi connectivity index (χ1) is 10.6. The molecule has 0 saturated heterocycles. The van der Waals surface area contributed by atoms with Crippen molar-refractivity contribution >= 4 is 15.9 Å². The molecule has 1 aliphatic heterocycles. The molecule has 0 amide bonds. The highest BCUT2D eigenvalue weighted by molar-refractivity contribution is 9.10. The molecule has 0 atom stereocenters. The molecule has 2 nitrogen and oxygen atoms in total. The van der Waals surface area contributed by atoms with E-state index >= 15 is 0 Å². The van der Waals surface area contributed by atoms with Crippen molar-refractivity contribution in [3.8, 4) is 0 Å². The third kappa shape index (κ3) is 3.60. The van der Waals surface area contributed by atoms with Crippen LogP contribution in [0.15, 0.2) is 40.9 Å². The Hall–Kier alpha value is -1.16. The smallest absolute Gasteiger partial charge is 0.0237 e. The molecule has 116 valence electrons. The molecule has 0 bridgehead atoms. The fraction of sp³-hybridized carbons (Fsp3) is 0.368. The summed E-state index contributed by atoms with van der Waals surface area (Å²) in [6.45, 7) is 6.29. The van der Waals surface area contributed by atoms with Crippen molar-refractivity contribution in [2.45, 2.75) is 33.0 Å². The molecule has 2 aromatic rings. The first-order valence-electron chi connectivity index (χ1n) is 7.87. The van der Waals surface area contributed by atoms with Gasteiger partial charge in [0, 0.05) is 24.1 Å². The molecular weight excluding hydrogens is 336 g/mol. The molecule has 1 N–H and O–H groups in total. The number of hydrogen-bond donors (Lipinski definition) is 1. The summed E-state index contributed by atoms with van der Waals surface area (Å²) in [5.41, 5.74) is 7.26. The monoisotopic (exact) mass is 358 g/mol. The lowest BCUT2D eigenvalue weighted by molar-refractivity contribution is 0.317. The van der Waals surface area contributed by atoms with Crippen molar-refractivity contribution < 1.29 is 0 Å². The first kappa shape index (κ1) is 15.7. The summed E-state index contributed by atoms with van der Waals surface area (Å²) in [5, 5.41) is 3.46. The van der Waals surface area contributed by atoms with Crippen LogP contribution in [0.4, 0.5) is 0 Å². The number of nitrogens with one attached hydrogen (secondary N) is 1. The second-order valence-corrected chi connectivity index (χ2v) is 7.14. The van der Waals surface area contributed by atoms with E-state index in [4.69, 9.17) is 0 Å². The minimum Gasteiger partial charge on any atom is -0.312 e. The Labute approximate surface area is 141 Å². The van der Waals surface area contributed by atoms with Crippen LogP contribution in [-0.4, -0.2) is 18.5 Å². The molecule has 0 saturated carbocycles. The van der Waals surface area contributed by atoms with Crippen LogP contribution in [0.5, 0.6) is 0 Å². The summed E-state index contributed by atoms with van der Waals surface area (Å²) < 4.78 is 1.15. The van der Waals surface area contributed by atoms with Crippen LogP contribution in [0.2, 0.25) is 0 Å². The number of rotatable bonds is 4. The van der Waals surface area contributed by atoms with Gasteiger partial charge in [-0.1, -0.05) is 40.2 Å². The van der Waals surface area contributed by atoms with E-state index in [2.05, 4.69) is 76.5 Å². The predicted octanol–water partition coefficient (Wildman–Crippen LogP) is 4.04. The maximum absolute atomic E-state index is 3.54. The number of fused-ring (bicyclic) bond motifs is 1. The van der Waals surface area contributed by atoms with Gasteiger partial charge in [0.15, 0.2) is 0 Å². The van der Waals surface area contributed by atoms with E-state index in [0.717, 1.165) is 37.1 Å². The summed E-state index contributed by atoms with van der Waals surface area (Å²) in [6, 6.07) is 13.3. The summed E-state index contributed by atoms with van der Waals surface area (Å²) in [5.74, 6) is 0. The van der Waals surface area contributed by atoms with Gasteiger partial charge >= 0.3 is 0 Å². The molecule has 0 aliphatic carbocycles. The zero-order chi connectivity index (χ0) is 15.5. The van der Waals surface area contributed by atoms with E-state index in [-0.39, 0.29) is 0 Å². The molecule has 0 aromatic heterocycles. The summed E-state index contributed by atoms with van der Waals surface area (Å²) in [6.07, 6.45) is 1.15. The van der Waals surface area contributed by atoms with Crippen molar-refractivity contribution in [2.75, 3.05) is 13.6 Å². The minimum absolute atomic E-state index is 0.987. The molecular formula is C19H23BrN2. The Balaban J connectivity index is 1.73. The third-order valence-electron chi connectivity index (χ3n) is 4.42. The molecule has 22 heavy (non-hydrogen) atoms. The number of nitrogens with zero attached hydrogens (tertiary/aromatic N) is 1. The van der Waals surface area contributed by atoms with Gasteiger partial charge in [-0.15, -0.1) is 0 Å². The van der Waals surface area contributed by atoms with Crippen LogP contribution in [0.1, 0.15) is 27.8 Å². The highest BCUT2D eigenvalue weighted by Crippen LogP contribution is 2.22. The molecule has 1 heterocycles. The maximum Gasteiger partial charge on any atom is 0.0237 e. The van der Waals surface area contributed by atoms with E-state index in [1.54, 1.807) is 5.56 Å².